The second-order valence-electron chi connectivity index (χ2n) is 15.7. The van der Waals surface area contributed by atoms with E-state index >= 15 is 0 Å². The van der Waals surface area contributed by atoms with E-state index in [-0.39, 0.29) is 30.5 Å². The van der Waals surface area contributed by atoms with Crippen molar-refractivity contribution in [3.63, 3.8) is 0 Å². The first kappa shape index (κ1) is 44.0. The first-order chi connectivity index (χ1) is 24.4. The summed E-state index contributed by atoms with van der Waals surface area (Å²) >= 11 is 0. The zero-order valence-electron chi connectivity index (χ0n) is 33.9. The Kier molecular flexibility index (Phi) is 18.1. The quantitative estimate of drug-likeness (QED) is 0.127. The number of rotatable bonds is 16. The van der Waals surface area contributed by atoms with Crippen LogP contribution in [0.25, 0.3) is 0 Å². The van der Waals surface area contributed by atoms with Gasteiger partial charge in [0.1, 0.15) is 19.3 Å². The summed E-state index contributed by atoms with van der Waals surface area (Å²) in [5.41, 5.74) is 10.4. The maximum absolute atomic E-state index is 12.8. The van der Waals surface area contributed by atoms with E-state index in [9.17, 15) is 14.4 Å². The molecule has 0 spiro atoms. The van der Waals surface area contributed by atoms with Gasteiger partial charge in [0.15, 0.2) is 0 Å². The number of carbonyl (C=O) groups is 3. The Balaban J connectivity index is 1.85. The molecule has 284 valence electrons. The zero-order valence-corrected chi connectivity index (χ0v) is 33.9. The minimum absolute atomic E-state index is 0.0126. The molecule has 0 heterocycles. The molecule has 1 atom stereocenters. The minimum Gasteiger partial charge on any atom is -0.461 e. The van der Waals surface area contributed by atoms with Crippen LogP contribution in [0.15, 0.2) is 117 Å². The van der Waals surface area contributed by atoms with Crippen LogP contribution in [0.2, 0.25) is 0 Å². The van der Waals surface area contributed by atoms with Gasteiger partial charge in [0.25, 0.3) is 0 Å². The van der Waals surface area contributed by atoms with Crippen LogP contribution in [-0.4, -0.2) is 37.1 Å². The van der Waals surface area contributed by atoms with Gasteiger partial charge < -0.3 is 14.8 Å². The Morgan fingerprint density at radius 3 is 1.54 bits per heavy atom. The third kappa shape index (κ3) is 16.0. The molecule has 0 aromatic carbocycles. The molecule has 2 aliphatic rings. The van der Waals surface area contributed by atoms with Crippen molar-refractivity contribution in [2.45, 2.75) is 127 Å². The third-order valence-electron chi connectivity index (χ3n) is 9.86. The predicted octanol–water partition coefficient (Wildman–Crippen LogP) is 11.0. The molecule has 6 heteroatoms. The molecule has 1 amide bonds. The Morgan fingerprint density at radius 1 is 0.673 bits per heavy atom. The van der Waals surface area contributed by atoms with E-state index in [2.05, 4.69) is 91.1 Å². The van der Waals surface area contributed by atoms with Crippen LogP contribution >= 0.6 is 0 Å². The highest BCUT2D eigenvalue weighted by Crippen LogP contribution is 2.41. The first-order valence-electron chi connectivity index (χ1n) is 18.8. The molecule has 6 nitrogen and oxygen atoms in total. The fraction of sp³-hybridized carbons (Fsp3) is 0.500. The molecule has 0 aromatic heterocycles. The van der Waals surface area contributed by atoms with Crippen molar-refractivity contribution < 1.29 is 23.9 Å². The third-order valence-corrected chi connectivity index (χ3v) is 9.86. The SMILES string of the molecule is CC(=O)NC(CC(=O)OC/C=C(C)/C=C/C=C(C)/C=C/C1=C(C)CCCC1(C)C)C(=O)OC/C=C(C)/C=C/C=C(C)/C=C/C1=C(C)CCCC1(C)C. The van der Waals surface area contributed by atoms with E-state index < -0.39 is 23.9 Å². The summed E-state index contributed by atoms with van der Waals surface area (Å²) in [5, 5.41) is 2.51. The normalized spacial score (nSPS) is 19.7. The second-order valence-corrected chi connectivity index (χ2v) is 15.7. The Bertz CT molecular complexity index is 1600. The number of carbonyl (C=O) groups excluding carboxylic acids is 3. The molecule has 0 radical (unpaired) electrons. The molecule has 1 unspecified atom stereocenters. The van der Waals surface area contributed by atoms with Crippen molar-refractivity contribution in [1.29, 1.82) is 0 Å². The highest BCUT2D eigenvalue weighted by molar-refractivity contribution is 5.87. The molecule has 0 saturated heterocycles. The molecule has 0 aliphatic heterocycles. The van der Waals surface area contributed by atoms with Gasteiger partial charge in [-0.2, -0.15) is 0 Å². The van der Waals surface area contributed by atoms with Gasteiger partial charge in [0.05, 0.1) is 6.42 Å². The van der Waals surface area contributed by atoms with Crippen LogP contribution in [-0.2, 0) is 23.9 Å². The number of hydrogen-bond donors (Lipinski definition) is 1. The summed E-state index contributed by atoms with van der Waals surface area (Å²) in [4.78, 5) is 37.1. The van der Waals surface area contributed by atoms with E-state index in [0.717, 1.165) is 22.3 Å². The average Bonchev–Trinajstić information content (AvgIpc) is 3.03. The average molecular weight is 712 g/mol. The van der Waals surface area contributed by atoms with Gasteiger partial charge in [-0.1, -0.05) is 122 Å². The molecule has 0 aromatic rings. The fourth-order valence-corrected chi connectivity index (χ4v) is 6.69. The van der Waals surface area contributed by atoms with Crippen molar-refractivity contribution in [3.8, 4) is 0 Å². The van der Waals surface area contributed by atoms with E-state index in [1.165, 1.54) is 67.7 Å². The molecular weight excluding hydrogens is 647 g/mol. The van der Waals surface area contributed by atoms with Gasteiger partial charge in [-0.15, -0.1) is 0 Å². The molecule has 2 aliphatic carbocycles. The Hall–Kier alpha value is -4.19. The summed E-state index contributed by atoms with van der Waals surface area (Å²) < 4.78 is 10.7. The van der Waals surface area contributed by atoms with Crippen molar-refractivity contribution in [2.24, 2.45) is 10.8 Å². The van der Waals surface area contributed by atoms with E-state index in [0.29, 0.717) is 0 Å². The standard InChI is InChI=1S/C46H65NO5/c1-33(22-24-40-37(5)20-14-28-45(40,8)9)16-12-18-35(3)26-30-51-43(49)32-42(47-39(7)48)44(50)52-31-27-36(4)19-13-17-34(2)23-25-41-38(6)21-15-29-46(41,10)11/h12-13,16-19,22-27,42H,14-15,20-21,28-32H2,1-11H3,(H,47,48)/b18-12+,19-13+,24-22+,25-23+,33-16+,34-17+,35-26+,36-27+. The molecule has 2 rings (SSSR count). The van der Waals surface area contributed by atoms with Crippen LogP contribution in [0.3, 0.4) is 0 Å². The summed E-state index contributed by atoms with van der Waals surface area (Å²) in [6.07, 6.45) is 31.3. The van der Waals surface area contributed by atoms with Crippen molar-refractivity contribution in [3.05, 3.63) is 117 Å². The largest absolute Gasteiger partial charge is 0.461 e. The molecule has 52 heavy (non-hydrogen) atoms. The van der Waals surface area contributed by atoms with Crippen LogP contribution < -0.4 is 5.32 Å². The lowest BCUT2D eigenvalue weighted by Crippen LogP contribution is -2.42. The molecular formula is C46H65NO5. The number of nitrogens with one attached hydrogen (secondary N) is 1. The summed E-state index contributed by atoms with van der Waals surface area (Å²) in [7, 11) is 0. The number of esters is 2. The predicted molar refractivity (Wildman–Crippen MR) is 216 cm³/mol. The number of allylic oxidation sites excluding steroid dienone is 18. The van der Waals surface area contributed by atoms with E-state index in [4.69, 9.17) is 9.47 Å². The van der Waals surface area contributed by atoms with Crippen molar-refractivity contribution in [2.75, 3.05) is 13.2 Å². The highest BCUT2D eigenvalue weighted by Gasteiger charge is 2.28. The van der Waals surface area contributed by atoms with Gasteiger partial charge in [0.2, 0.25) is 5.91 Å². The lowest BCUT2D eigenvalue weighted by Gasteiger charge is -2.33. The minimum atomic E-state index is -1.13. The van der Waals surface area contributed by atoms with Gasteiger partial charge in [0, 0.05) is 6.92 Å². The fourth-order valence-electron chi connectivity index (χ4n) is 6.69. The number of hydrogen-bond acceptors (Lipinski definition) is 5. The van der Waals surface area contributed by atoms with Crippen molar-refractivity contribution in [1.82, 2.24) is 5.32 Å². The van der Waals surface area contributed by atoms with E-state index in [1.54, 1.807) is 12.2 Å². The summed E-state index contributed by atoms with van der Waals surface area (Å²) in [6.45, 7) is 23.1. The van der Waals surface area contributed by atoms with Crippen LogP contribution in [0, 0.1) is 10.8 Å². The topological polar surface area (TPSA) is 81.7 Å². The van der Waals surface area contributed by atoms with Gasteiger partial charge in [-0.3, -0.25) is 9.59 Å². The molecule has 1 N–H and O–H groups in total. The lowest BCUT2D eigenvalue weighted by atomic mass is 9.72. The maximum atomic E-state index is 12.8. The Labute approximate surface area is 315 Å². The Morgan fingerprint density at radius 2 is 1.12 bits per heavy atom. The lowest BCUT2D eigenvalue weighted by molar-refractivity contribution is -0.152. The molecule has 0 saturated carbocycles. The van der Waals surface area contributed by atoms with Crippen LogP contribution in [0.5, 0.6) is 0 Å². The maximum Gasteiger partial charge on any atom is 0.329 e. The van der Waals surface area contributed by atoms with Gasteiger partial charge >= 0.3 is 11.9 Å². The van der Waals surface area contributed by atoms with Crippen LogP contribution in [0.4, 0.5) is 0 Å². The smallest absolute Gasteiger partial charge is 0.329 e. The molecule has 0 bridgehead atoms. The number of ether oxygens (including phenoxy) is 2. The van der Waals surface area contributed by atoms with Crippen molar-refractivity contribution >= 4 is 17.8 Å². The first-order valence-corrected chi connectivity index (χ1v) is 18.8. The summed E-state index contributed by atoms with van der Waals surface area (Å²) in [6, 6.07) is -1.13. The van der Waals surface area contributed by atoms with E-state index in [1.807, 2.05) is 44.2 Å². The van der Waals surface area contributed by atoms with Crippen LogP contribution in [0.1, 0.15) is 121 Å². The monoisotopic (exact) mass is 711 g/mol. The van der Waals surface area contributed by atoms with Gasteiger partial charge in [-0.05, 0) is 114 Å². The highest BCUT2D eigenvalue weighted by atomic mass is 16.5. The second kappa shape index (κ2) is 21.4. The number of amides is 1. The zero-order chi connectivity index (χ0) is 38.9. The molecule has 0 fully saturated rings. The van der Waals surface area contributed by atoms with Gasteiger partial charge in [-0.25, -0.2) is 4.79 Å². The summed E-state index contributed by atoms with van der Waals surface area (Å²) in [5.74, 6) is -1.74.